The first-order chi connectivity index (χ1) is 8.15. The van der Waals surface area contributed by atoms with E-state index in [1.807, 2.05) is 6.92 Å². The van der Waals surface area contributed by atoms with Crippen molar-refractivity contribution in [1.29, 1.82) is 0 Å². The summed E-state index contributed by atoms with van der Waals surface area (Å²) in [5.41, 5.74) is 1.43. The van der Waals surface area contributed by atoms with Crippen LogP contribution in [-0.2, 0) is 17.8 Å². The van der Waals surface area contributed by atoms with Crippen molar-refractivity contribution in [1.82, 2.24) is 14.9 Å². The van der Waals surface area contributed by atoms with Crippen molar-refractivity contribution in [2.24, 2.45) is 0 Å². The van der Waals surface area contributed by atoms with Crippen molar-refractivity contribution < 1.29 is 9.53 Å². The molecule has 0 saturated carbocycles. The first kappa shape index (κ1) is 12.1. The lowest BCUT2D eigenvalue weighted by atomic mass is 10.2. The van der Waals surface area contributed by atoms with Gasteiger partial charge in [-0.15, -0.1) is 0 Å². The van der Waals surface area contributed by atoms with E-state index in [4.69, 9.17) is 4.74 Å². The summed E-state index contributed by atoms with van der Waals surface area (Å²) >= 11 is 0. The van der Waals surface area contributed by atoms with Gasteiger partial charge in [-0.1, -0.05) is 13.8 Å². The molecule has 2 heterocycles. The van der Waals surface area contributed by atoms with Crippen LogP contribution in [0.4, 0.5) is 0 Å². The predicted molar refractivity (Wildman–Crippen MR) is 64.0 cm³/mol. The van der Waals surface area contributed by atoms with Crippen LogP contribution >= 0.6 is 0 Å². The molecule has 0 fully saturated rings. The highest BCUT2D eigenvalue weighted by Gasteiger charge is 2.25. The second kappa shape index (κ2) is 4.87. The van der Waals surface area contributed by atoms with Gasteiger partial charge < -0.3 is 14.6 Å². The van der Waals surface area contributed by atoms with E-state index in [-0.39, 0.29) is 5.97 Å². The zero-order valence-electron chi connectivity index (χ0n) is 10.6. The molecule has 5 heteroatoms. The molecule has 17 heavy (non-hydrogen) atoms. The Kier molecular flexibility index (Phi) is 3.47. The van der Waals surface area contributed by atoms with E-state index in [1.54, 1.807) is 0 Å². The van der Waals surface area contributed by atoms with Crippen molar-refractivity contribution in [3.8, 4) is 0 Å². The quantitative estimate of drug-likeness (QED) is 0.805. The van der Waals surface area contributed by atoms with Gasteiger partial charge in [-0.2, -0.15) is 0 Å². The molecule has 2 rings (SSSR count). The van der Waals surface area contributed by atoms with Crippen molar-refractivity contribution in [2.75, 3.05) is 13.2 Å². The maximum absolute atomic E-state index is 11.8. The highest BCUT2D eigenvalue weighted by Crippen LogP contribution is 2.21. The molecule has 94 valence electrons. The molecule has 0 unspecified atom stereocenters. The summed E-state index contributed by atoms with van der Waals surface area (Å²) in [7, 11) is 0. The number of hydrogen-bond donors (Lipinski definition) is 1. The van der Waals surface area contributed by atoms with E-state index in [2.05, 4.69) is 28.7 Å². The highest BCUT2D eigenvalue weighted by atomic mass is 16.5. The summed E-state index contributed by atoms with van der Waals surface area (Å²) in [6.07, 6.45) is 0. The molecule has 1 aromatic rings. The van der Waals surface area contributed by atoms with Crippen LogP contribution in [0, 0.1) is 0 Å². The lowest BCUT2D eigenvalue weighted by molar-refractivity contribution is 0.0518. The monoisotopic (exact) mass is 237 g/mol. The maximum atomic E-state index is 11.8. The van der Waals surface area contributed by atoms with E-state index < -0.39 is 0 Å². The normalized spacial score (nSPS) is 14.8. The number of aromatic nitrogens is 2. The summed E-state index contributed by atoms with van der Waals surface area (Å²) in [6, 6.07) is 0. The smallest absolute Gasteiger partial charge is 0.358 e. The Labute approximate surface area is 101 Å². The molecule has 1 aromatic heterocycles. The number of nitrogens with zero attached hydrogens (tertiary/aromatic N) is 2. The molecular formula is C12H19N3O2. The van der Waals surface area contributed by atoms with Gasteiger partial charge in [0.05, 0.1) is 12.3 Å². The molecule has 1 aliphatic rings. The van der Waals surface area contributed by atoms with Gasteiger partial charge in [-0.3, -0.25) is 0 Å². The van der Waals surface area contributed by atoms with Gasteiger partial charge >= 0.3 is 5.97 Å². The third-order valence-corrected chi connectivity index (χ3v) is 2.89. The number of fused-ring (bicyclic) bond motifs is 1. The van der Waals surface area contributed by atoms with Gasteiger partial charge in [0, 0.05) is 25.6 Å². The molecule has 1 N–H and O–H groups in total. The van der Waals surface area contributed by atoms with Crippen LogP contribution in [0.5, 0.6) is 0 Å². The topological polar surface area (TPSA) is 56.1 Å². The number of esters is 1. The van der Waals surface area contributed by atoms with E-state index in [1.165, 1.54) is 0 Å². The second-order valence-corrected chi connectivity index (χ2v) is 4.47. The standard InChI is InChI=1S/C12H19N3O2/c1-4-17-12(16)10-9-7-13-5-6-15(9)11(14-10)8(2)3/h8,13H,4-7H2,1-3H3. The second-order valence-electron chi connectivity index (χ2n) is 4.47. The Morgan fingerprint density at radius 2 is 2.35 bits per heavy atom. The maximum Gasteiger partial charge on any atom is 0.358 e. The van der Waals surface area contributed by atoms with Gasteiger partial charge in [0.25, 0.3) is 0 Å². The number of nitrogens with one attached hydrogen (secondary N) is 1. The van der Waals surface area contributed by atoms with Gasteiger partial charge in [-0.05, 0) is 6.92 Å². The fourth-order valence-corrected chi connectivity index (χ4v) is 2.14. The Bertz CT molecular complexity index is 424. The van der Waals surface area contributed by atoms with Crippen molar-refractivity contribution in [2.45, 2.75) is 39.8 Å². The third kappa shape index (κ3) is 2.20. The van der Waals surface area contributed by atoms with Gasteiger partial charge in [-0.25, -0.2) is 9.78 Å². The van der Waals surface area contributed by atoms with Gasteiger partial charge in [0.15, 0.2) is 5.69 Å². The first-order valence-electron chi connectivity index (χ1n) is 6.12. The number of imidazole rings is 1. The molecule has 0 amide bonds. The van der Waals surface area contributed by atoms with Crippen molar-refractivity contribution >= 4 is 5.97 Å². The number of ether oxygens (including phenoxy) is 1. The largest absolute Gasteiger partial charge is 0.461 e. The molecule has 0 aromatic carbocycles. The number of carbonyl (C=O) groups excluding carboxylic acids is 1. The Morgan fingerprint density at radius 1 is 1.59 bits per heavy atom. The summed E-state index contributed by atoms with van der Waals surface area (Å²) in [6.45, 7) is 8.85. The zero-order chi connectivity index (χ0) is 12.4. The van der Waals surface area contributed by atoms with E-state index in [0.29, 0.717) is 24.8 Å². The highest BCUT2D eigenvalue weighted by molar-refractivity contribution is 5.88. The van der Waals surface area contributed by atoms with Crippen molar-refractivity contribution in [3.63, 3.8) is 0 Å². The van der Waals surface area contributed by atoms with Crippen LogP contribution in [0.15, 0.2) is 0 Å². The molecular weight excluding hydrogens is 218 g/mol. The fourth-order valence-electron chi connectivity index (χ4n) is 2.14. The Morgan fingerprint density at radius 3 is 3.00 bits per heavy atom. The summed E-state index contributed by atoms with van der Waals surface area (Å²) < 4.78 is 7.19. The SMILES string of the molecule is CCOC(=O)c1nc(C(C)C)n2c1CNCC2. The minimum absolute atomic E-state index is 0.313. The first-order valence-corrected chi connectivity index (χ1v) is 6.12. The van der Waals surface area contributed by atoms with Crippen LogP contribution in [0.3, 0.4) is 0 Å². The molecule has 5 nitrogen and oxygen atoms in total. The van der Waals surface area contributed by atoms with Gasteiger partial charge in [0.2, 0.25) is 0 Å². The van der Waals surface area contributed by atoms with E-state index >= 15 is 0 Å². The molecule has 0 aliphatic carbocycles. The lowest BCUT2D eigenvalue weighted by Gasteiger charge is -2.19. The molecule has 0 saturated heterocycles. The fraction of sp³-hybridized carbons (Fsp3) is 0.667. The number of carbonyl (C=O) groups is 1. The molecule has 0 radical (unpaired) electrons. The van der Waals surface area contributed by atoms with Crippen LogP contribution in [0.25, 0.3) is 0 Å². The zero-order valence-corrected chi connectivity index (χ0v) is 10.6. The average Bonchev–Trinajstić information content (AvgIpc) is 2.69. The summed E-state index contributed by atoms with van der Waals surface area (Å²) in [5, 5.41) is 3.26. The Hall–Kier alpha value is -1.36. The van der Waals surface area contributed by atoms with E-state index in [9.17, 15) is 4.79 Å². The van der Waals surface area contributed by atoms with Crippen molar-refractivity contribution in [3.05, 3.63) is 17.2 Å². The predicted octanol–water partition coefficient (Wildman–Crippen LogP) is 1.29. The third-order valence-electron chi connectivity index (χ3n) is 2.89. The number of hydrogen-bond acceptors (Lipinski definition) is 4. The van der Waals surface area contributed by atoms with E-state index in [0.717, 1.165) is 24.6 Å². The molecule has 0 bridgehead atoms. The summed E-state index contributed by atoms with van der Waals surface area (Å²) in [5.74, 6) is 0.978. The van der Waals surface area contributed by atoms with Gasteiger partial charge in [0.1, 0.15) is 5.82 Å². The van der Waals surface area contributed by atoms with Crippen LogP contribution in [0.2, 0.25) is 0 Å². The minimum atomic E-state index is -0.313. The van der Waals surface area contributed by atoms with Crippen LogP contribution in [-0.4, -0.2) is 28.7 Å². The average molecular weight is 237 g/mol. The number of rotatable bonds is 3. The van der Waals surface area contributed by atoms with Crippen LogP contribution < -0.4 is 5.32 Å². The Balaban J connectivity index is 2.42. The van der Waals surface area contributed by atoms with Crippen LogP contribution in [0.1, 0.15) is 48.7 Å². The molecule has 0 spiro atoms. The summed E-state index contributed by atoms with van der Waals surface area (Å²) in [4.78, 5) is 16.3. The minimum Gasteiger partial charge on any atom is -0.461 e. The molecule has 1 aliphatic heterocycles. The lowest BCUT2D eigenvalue weighted by Crippen LogP contribution is -2.30. The molecule has 0 atom stereocenters.